The molecule has 11 heavy (non-hydrogen) atoms. The second kappa shape index (κ2) is 3.60. The predicted molar refractivity (Wildman–Crippen MR) is 43.8 cm³/mol. The normalized spacial score (nSPS) is 10.0. The lowest BCUT2D eigenvalue weighted by Crippen LogP contribution is -1.86. The molecule has 0 saturated heterocycles. The summed E-state index contributed by atoms with van der Waals surface area (Å²) in [7, 11) is 1.61. The summed E-state index contributed by atoms with van der Waals surface area (Å²) < 4.78 is 4.88. The number of hydrogen-bond acceptors (Lipinski definition) is 2. The number of methoxy groups -OCH3 is 1. The molecular formula is C8H9ClO2. The monoisotopic (exact) mass is 172 g/mol. The minimum absolute atomic E-state index is 0.103. The van der Waals surface area contributed by atoms with Crippen molar-refractivity contribution in [1.82, 2.24) is 0 Å². The van der Waals surface area contributed by atoms with Crippen molar-refractivity contribution in [3.63, 3.8) is 0 Å². The molecule has 0 radical (unpaired) electrons. The van der Waals surface area contributed by atoms with Gasteiger partial charge < -0.3 is 9.84 Å². The molecule has 0 spiro atoms. The van der Waals surface area contributed by atoms with E-state index >= 15 is 0 Å². The number of benzene rings is 1. The summed E-state index contributed by atoms with van der Waals surface area (Å²) in [5.74, 6) is 0.103. The third kappa shape index (κ3) is 2.10. The summed E-state index contributed by atoms with van der Waals surface area (Å²) in [6, 6.07) is 5.00. The van der Waals surface area contributed by atoms with Crippen LogP contribution in [-0.2, 0) is 11.3 Å². The summed E-state index contributed by atoms with van der Waals surface area (Å²) in [6.07, 6.45) is 0. The van der Waals surface area contributed by atoms with Gasteiger partial charge >= 0.3 is 0 Å². The first-order valence-corrected chi connectivity index (χ1v) is 3.58. The SMILES string of the molecule is COCc1ccc(O)c(Cl)c1. The first-order chi connectivity index (χ1) is 5.24. The Kier molecular flexibility index (Phi) is 2.74. The van der Waals surface area contributed by atoms with Crippen LogP contribution in [0.15, 0.2) is 18.2 Å². The van der Waals surface area contributed by atoms with E-state index in [1.165, 1.54) is 0 Å². The highest BCUT2D eigenvalue weighted by Gasteiger charge is 1.98. The van der Waals surface area contributed by atoms with Gasteiger partial charge in [-0.2, -0.15) is 0 Å². The van der Waals surface area contributed by atoms with Gasteiger partial charge in [0.2, 0.25) is 0 Å². The Morgan fingerprint density at radius 1 is 1.55 bits per heavy atom. The molecule has 60 valence electrons. The highest BCUT2D eigenvalue weighted by molar-refractivity contribution is 6.32. The van der Waals surface area contributed by atoms with Gasteiger partial charge in [0.05, 0.1) is 11.6 Å². The van der Waals surface area contributed by atoms with Crippen LogP contribution in [0.2, 0.25) is 5.02 Å². The molecule has 0 fully saturated rings. The molecule has 0 aromatic heterocycles. The third-order valence-corrected chi connectivity index (χ3v) is 1.63. The third-order valence-electron chi connectivity index (χ3n) is 1.32. The lowest BCUT2D eigenvalue weighted by Gasteiger charge is -2.00. The van der Waals surface area contributed by atoms with E-state index in [0.29, 0.717) is 11.6 Å². The van der Waals surface area contributed by atoms with Crippen LogP contribution in [0.1, 0.15) is 5.56 Å². The second-order valence-corrected chi connectivity index (χ2v) is 2.63. The Bertz CT molecular complexity index is 248. The van der Waals surface area contributed by atoms with Gasteiger partial charge in [-0.3, -0.25) is 0 Å². The fourth-order valence-electron chi connectivity index (χ4n) is 0.807. The van der Waals surface area contributed by atoms with E-state index in [2.05, 4.69) is 0 Å². The molecule has 1 rings (SSSR count). The summed E-state index contributed by atoms with van der Waals surface area (Å²) in [5.41, 5.74) is 0.954. The Morgan fingerprint density at radius 2 is 2.27 bits per heavy atom. The second-order valence-electron chi connectivity index (χ2n) is 2.22. The summed E-state index contributed by atoms with van der Waals surface area (Å²) in [6.45, 7) is 0.514. The van der Waals surface area contributed by atoms with Gasteiger partial charge in [-0.25, -0.2) is 0 Å². The quantitative estimate of drug-likeness (QED) is 0.741. The van der Waals surface area contributed by atoms with E-state index in [0.717, 1.165) is 5.56 Å². The summed E-state index contributed by atoms with van der Waals surface area (Å²) >= 11 is 5.64. The van der Waals surface area contributed by atoms with E-state index in [4.69, 9.17) is 21.4 Å². The lowest BCUT2D eigenvalue weighted by atomic mass is 10.2. The molecule has 0 aliphatic rings. The van der Waals surface area contributed by atoms with Gasteiger partial charge in [0.1, 0.15) is 5.75 Å². The van der Waals surface area contributed by atoms with Crippen molar-refractivity contribution in [3.8, 4) is 5.75 Å². The van der Waals surface area contributed by atoms with Crippen LogP contribution in [0.3, 0.4) is 0 Å². The van der Waals surface area contributed by atoms with Gasteiger partial charge in [0.25, 0.3) is 0 Å². The van der Waals surface area contributed by atoms with E-state index in [-0.39, 0.29) is 5.75 Å². The maximum Gasteiger partial charge on any atom is 0.134 e. The molecule has 1 N–H and O–H groups in total. The minimum atomic E-state index is 0.103. The van der Waals surface area contributed by atoms with Crippen molar-refractivity contribution >= 4 is 11.6 Å². The van der Waals surface area contributed by atoms with E-state index in [9.17, 15) is 0 Å². The average Bonchev–Trinajstić information content (AvgIpc) is 1.98. The van der Waals surface area contributed by atoms with Gasteiger partial charge in [-0.1, -0.05) is 17.7 Å². The minimum Gasteiger partial charge on any atom is -0.506 e. The number of halogens is 1. The van der Waals surface area contributed by atoms with E-state index in [1.807, 2.05) is 0 Å². The zero-order chi connectivity index (χ0) is 8.27. The molecule has 0 bridgehead atoms. The van der Waals surface area contributed by atoms with Crippen LogP contribution in [0.4, 0.5) is 0 Å². The number of ether oxygens (including phenoxy) is 1. The average molecular weight is 173 g/mol. The van der Waals surface area contributed by atoms with Crippen molar-refractivity contribution in [2.45, 2.75) is 6.61 Å². The van der Waals surface area contributed by atoms with Crippen molar-refractivity contribution in [3.05, 3.63) is 28.8 Å². The highest BCUT2D eigenvalue weighted by atomic mass is 35.5. The first-order valence-electron chi connectivity index (χ1n) is 3.20. The Morgan fingerprint density at radius 3 is 2.82 bits per heavy atom. The van der Waals surface area contributed by atoms with Crippen LogP contribution in [0, 0.1) is 0 Å². The standard InChI is InChI=1S/C8H9ClO2/c1-11-5-6-2-3-8(10)7(9)4-6/h2-4,10H,5H2,1H3. The maximum absolute atomic E-state index is 9.04. The number of phenolic OH excluding ortho intramolecular Hbond substituents is 1. The van der Waals surface area contributed by atoms with Crippen molar-refractivity contribution in [1.29, 1.82) is 0 Å². The Labute approximate surface area is 70.4 Å². The molecule has 1 aromatic rings. The number of phenols is 1. The Hall–Kier alpha value is -0.730. The largest absolute Gasteiger partial charge is 0.506 e. The van der Waals surface area contributed by atoms with Gasteiger partial charge in [0, 0.05) is 7.11 Å². The molecule has 0 heterocycles. The molecule has 1 aromatic carbocycles. The molecule has 0 aliphatic heterocycles. The predicted octanol–water partition coefficient (Wildman–Crippen LogP) is 2.19. The molecule has 0 amide bonds. The van der Waals surface area contributed by atoms with Gasteiger partial charge in [-0.15, -0.1) is 0 Å². The fraction of sp³-hybridized carbons (Fsp3) is 0.250. The first kappa shape index (κ1) is 8.37. The molecule has 3 heteroatoms. The molecule has 0 saturated carbocycles. The van der Waals surface area contributed by atoms with E-state index < -0.39 is 0 Å². The zero-order valence-corrected chi connectivity index (χ0v) is 6.93. The number of hydrogen-bond donors (Lipinski definition) is 1. The summed E-state index contributed by atoms with van der Waals surface area (Å²) in [4.78, 5) is 0. The fourth-order valence-corrected chi connectivity index (χ4v) is 1.01. The van der Waals surface area contributed by atoms with Crippen LogP contribution in [0.25, 0.3) is 0 Å². The van der Waals surface area contributed by atoms with Crippen LogP contribution < -0.4 is 0 Å². The molecule has 0 aliphatic carbocycles. The Balaban J connectivity index is 2.86. The van der Waals surface area contributed by atoms with Crippen molar-refractivity contribution < 1.29 is 9.84 Å². The molecule has 0 atom stereocenters. The molecule has 0 unspecified atom stereocenters. The van der Waals surface area contributed by atoms with Crippen molar-refractivity contribution in [2.24, 2.45) is 0 Å². The molecular weight excluding hydrogens is 164 g/mol. The lowest BCUT2D eigenvalue weighted by molar-refractivity contribution is 0.185. The van der Waals surface area contributed by atoms with Gasteiger partial charge in [-0.05, 0) is 17.7 Å². The smallest absolute Gasteiger partial charge is 0.134 e. The number of aromatic hydroxyl groups is 1. The maximum atomic E-state index is 9.04. The molecule has 2 nitrogen and oxygen atoms in total. The topological polar surface area (TPSA) is 29.5 Å². The van der Waals surface area contributed by atoms with E-state index in [1.54, 1.807) is 25.3 Å². The van der Waals surface area contributed by atoms with Gasteiger partial charge in [0.15, 0.2) is 0 Å². The van der Waals surface area contributed by atoms with Crippen molar-refractivity contribution in [2.75, 3.05) is 7.11 Å². The van der Waals surface area contributed by atoms with Crippen LogP contribution in [-0.4, -0.2) is 12.2 Å². The van der Waals surface area contributed by atoms with Crippen LogP contribution >= 0.6 is 11.6 Å². The zero-order valence-electron chi connectivity index (χ0n) is 6.17. The number of rotatable bonds is 2. The highest BCUT2D eigenvalue weighted by Crippen LogP contribution is 2.23. The van der Waals surface area contributed by atoms with Crippen LogP contribution in [0.5, 0.6) is 5.75 Å². The summed E-state index contributed by atoms with van der Waals surface area (Å²) in [5, 5.41) is 9.40.